The summed E-state index contributed by atoms with van der Waals surface area (Å²) in [6.07, 6.45) is 2.40. The molecular formula is C9H15N3O. The summed E-state index contributed by atoms with van der Waals surface area (Å²) in [6.45, 7) is 4.06. The first-order valence-electron chi connectivity index (χ1n) is 4.77. The normalized spacial score (nSPS) is 19.4. The lowest BCUT2D eigenvalue weighted by Gasteiger charge is -2.01. The summed E-state index contributed by atoms with van der Waals surface area (Å²) >= 11 is 0. The van der Waals surface area contributed by atoms with E-state index in [1.165, 1.54) is 12.8 Å². The van der Waals surface area contributed by atoms with E-state index in [-0.39, 0.29) is 12.0 Å². The molecule has 1 aromatic heterocycles. The van der Waals surface area contributed by atoms with Gasteiger partial charge in [-0.3, -0.25) is 0 Å². The summed E-state index contributed by atoms with van der Waals surface area (Å²) in [4.78, 5) is 4.27. The maximum Gasteiger partial charge on any atom is 0.229 e. The molecule has 1 aliphatic rings. The molecule has 2 rings (SSSR count). The summed E-state index contributed by atoms with van der Waals surface area (Å²) in [7, 11) is 0. The maximum atomic E-state index is 5.93. The summed E-state index contributed by atoms with van der Waals surface area (Å²) in [5.41, 5.74) is 5.93. The van der Waals surface area contributed by atoms with Gasteiger partial charge < -0.3 is 10.3 Å². The summed E-state index contributed by atoms with van der Waals surface area (Å²) in [5.74, 6) is 2.22. The third-order valence-electron chi connectivity index (χ3n) is 2.38. The zero-order valence-corrected chi connectivity index (χ0v) is 8.03. The van der Waals surface area contributed by atoms with Crippen molar-refractivity contribution in [1.82, 2.24) is 10.1 Å². The van der Waals surface area contributed by atoms with Crippen molar-refractivity contribution in [2.45, 2.75) is 38.6 Å². The van der Waals surface area contributed by atoms with Crippen molar-refractivity contribution >= 4 is 0 Å². The molecule has 13 heavy (non-hydrogen) atoms. The Labute approximate surface area is 77.5 Å². The van der Waals surface area contributed by atoms with Gasteiger partial charge in [-0.05, 0) is 18.8 Å². The molecule has 4 heteroatoms. The minimum absolute atomic E-state index is 0.0174. The Bertz CT molecular complexity index is 291. The van der Waals surface area contributed by atoms with Gasteiger partial charge in [0, 0.05) is 5.92 Å². The smallest absolute Gasteiger partial charge is 0.229 e. The molecule has 0 amide bonds. The molecule has 0 spiro atoms. The SMILES string of the molecule is CC(C)c1nc(C(N)C2CC2)no1. The number of aromatic nitrogens is 2. The van der Waals surface area contributed by atoms with Crippen molar-refractivity contribution in [2.75, 3.05) is 0 Å². The predicted molar refractivity (Wildman–Crippen MR) is 48.0 cm³/mol. The van der Waals surface area contributed by atoms with Crippen LogP contribution < -0.4 is 5.73 Å². The highest BCUT2D eigenvalue weighted by Gasteiger charge is 2.32. The van der Waals surface area contributed by atoms with E-state index in [0.717, 1.165) is 0 Å². The van der Waals surface area contributed by atoms with Gasteiger partial charge >= 0.3 is 0 Å². The van der Waals surface area contributed by atoms with Crippen LogP contribution in [0.2, 0.25) is 0 Å². The van der Waals surface area contributed by atoms with Gasteiger partial charge in [-0.1, -0.05) is 19.0 Å². The molecule has 1 heterocycles. The maximum absolute atomic E-state index is 5.93. The molecule has 0 saturated heterocycles. The molecular weight excluding hydrogens is 166 g/mol. The monoisotopic (exact) mass is 181 g/mol. The van der Waals surface area contributed by atoms with Crippen molar-refractivity contribution in [3.8, 4) is 0 Å². The number of hydrogen-bond donors (Lipinski definition) is 1. The fourth-order valence-electron chi connectivity index (χ4n) is 1.28. The molecule has 2 N–H and O–H groups in total. The second-order valence-electron chi connectivity index (χ2n) is 4.01. The highest BCUT2D eigenvalue weighted by molar-refractivity contribution is 5.01. The average molecular weight is 181 g/mol. The second-order valence-corrected chi connectivity index (χ2v) is 4.01. The first kappa shape index (κ1) is 8.69. The highest BCUT2D eigenvalue weighted by Crippen LogP contribution is 2.38. The minimum Gasteiger partial charge on any atom is -0.339 e. The Kier molecular flexibility index (Phi) is 2.07. The Morgan fingerprint density at radius 1 is 1.46 bits per heavy atom. The van der Waals surface area contributed by atoms with Crippen LogP contribution in [-0.4, -0.2) is 10.1 Å². The molecule has 0 bridgehead atoms. The Morgan fingerprint density at radius 2 is 2.15 bits per heavy atom. The highest BCUT2D eigenvalue weighted by atomic mass is 16.5. The van der Waals surface area contributed by atoms with Crippen molar-refractivity contribution in [3.63, 3.8) is 0 Å². The topological polar surface area (TPSA) is 64.9 Å². The zero-order chi connectivity index (χ0) is 9.42. The average Bonchev–Trinajstić information content (AvgIpc) is 2.81. The van der Waals surface area contributed by atoms with Gasteiger partial charge in [-0.25, -0.2) is 0 Å². The van der Waals surface area contributed by atoms with Crippen molar-refractivity contribution in [2.24, 2.45) is 11.7 Å². The van der Waals surface area contributed by atoms with Crippen LogP contribution in [0.25, 0.3) is 0 Å². The Hall–Kier alpha value is -0.900. The van der Waals surface area contributed by atoms with Crippen LogP contribution in [-0.2, 0) is 0 Å². The molecule has 4 nitrogen and oxygen atoms in total. The van der Waals surface area contributed by atoms with Crippen LogP contribution in [0.3, 0.4) is 0 Å². The van der Waals surface area contributed by atoms with Gasteiger partial charge in [0.05, 0.1) is 6.04 Å². The lowest BCUT2D eigenvalue weighted by atomic mass is 10.2. The van der Waals surface area contributed by atoms with E-state index in [1.807, 2.05) is 13.8 Å². The largest absolute Gasteiger partial charge is 0.339 e. The fourth-order valence-corrected chi connectivity index (χ4v) is 1.28. The summed E-state index contributed by atoms with van der Waals surface area (Å²) < 4.78 is 5.08. The predicted octanol–water partition coefficient (Wildman–Crippen LogP) is 1.60. The molecule has 1 aromatic rings. The molecule has 1 unspecified atom stereocenters. The minimum atomic E-state index is -0.0174. The van der Waals surface area contributed by atoms with Gasteiger partial charge in [0.25, 0.3) is 0 Å². The number of hydrogen-bond acceptors (Lipinski definition) is 4. The molecule has 0 aliphatic heterocycles. The van der Waals surface area contributed by atoms with E-state index in [0.29, 0.717) is 17.6 Å². The van der Waals surface area contributed by atoms with Crippen LogP contribution >= 0.6 is 0 Å². The van der Waals surface area contributed by atoms with E-state index in [9.17, 15) is 0 Å². The van der Waals surface area contributed by atoms with Crippen LogP contribution in [0.15, 0.2) is 4.52 Å². The molecule has 1 saturated carbocycles. The molecule has 0 aromatic carbocycles. The number of rotatable bonds is 3. The van der Waals surface area contributed by atoms with E-state index in [4.69, 9.17) is 10.3 Å². The Balaban J connectivity index is 2.11. The first-order valence-corrected chi connectivity index (χ1v) is 4.77. The van der Waals surface area contributed by atoms with Crippen molar-refractivity contribution < 1.29 is 4.52 Å². The van der Waals surface area contributed by atoms with E-state index in [2.05, 4.69) is 10.1 Å². The van der Waals surface area contributed by atoms with Crippen LogP contribution in [0.1, 0.15) is 50.4 Å². The summed E-state index contributed by atoms with van der Waals surface area (Å²) in [6, 6.07) is -0.0174. The molecule has 1 atom stereocenters. The number of nitrogens with zero attached hydrogens (tertiary/aromatic N) is 2. The van der Waals surface area contributed by atoms with Gasteiger partial charge in [0.1, 0.15) is 0 Å². The van der Waals surface area contributed by atoms with Crippen molar-refractivity contribution in [3.05, 3.63) is 11.7 Å². The first-order chi connectivity index (χ1) is 6.18. The summed E-state index contributed by atoms with van der Waals surface area (Å²) in [5, 5.41) is 3.89. The Morgan fingerprint density at radius 3 is 2.62 bits per heavy atom. The fraction of sp³-hybridized carbons (Fsp3) is 0.778. The van der Waals surface area contributed by atoms with E-state index >= 15 is 0 Å². The third-order valence-corrected chi connectivity index (χ3v) is 2.38. The zero-order valence-electron chi connectivity index (χ0n) is 8.03. The van der Waals surface area contributed by atoms with Gasteiger partial charge in [0.2, 0.25) is 5.89 Å². The van der Waals surface area contributed by atoms with Gasteiger partial charge in [-0.15, -0.1) is 0 Å². The molecule has 1 fully saturated rings. The van der Waals surface area contributed by atoms with Crippen LogP contribution in [0.5, 0.6) is 0 Å². The second kappa shape index (κ2) is 3.10. The van der Waals surface area contributed by atoms with Crippen LogP contribution in [0, 0.1) is 5.92 Å². The van der Waals surface area contributed by atoms with Crippen LogP contribution in [0.4, 0.5) is 0 Å². The van der Waals surface area contributed by atoms with E-state index in [1.54, 1.807) is 0 Å². The number of nitrogens with two attached hydrogens (primary N) is 1. The lowest BCUT2D eigenvalue weighted by molar-refractivity contribution is 0.356. The molecule has 72 valence electrons. The molecule has 0 radical (unpaired) electrons. The standard InChI is InChI=1S/C9H15N3O/c1-5(2)9-11-8(12-13-9)7(10)6-3-4-6/h5-7H,3-4,10H2,1-2H3. The van der Waals surface area contributed by atoms with Gasteiger partial charge in [-0.2, -0.15) is 4.98 Å². The molecule has 1 aliphatic carbocycles. The van der Waals surface area contributed by atoms with Crippen molar-refractivity contribution in [1.29, 1.82) is 0 Å². The van der Waals surface area contributed by atoms with Gasteiger partial charge in [0.15, 0.2) is 5.82 Å². The van der Waals surface area contributed by atoms with E-state index < -0.39 is 0 Å². The third kappa shape index (κ3) is 1.72. The quantitative estimate of drug-likeness (QED) is 0.769. The lowest BCUT2D eigenvalue weighted by Crippen LogP contribution is -2.14.